The second kappa shape index (κ2) is 3.72. The Morgan fingerprint density at radius 3 is 2.18 bits per heavy atom. The largest absolute Gasteiger partial charge is 0.480 e. The van der Waals surface area contributed by atoms with Gasteiger partial charge in [0.1, 0.15) is 5.54 Å². The average molecular weight is 159 g/mol. The Bertz CT molecular complexity index is 145. The number of hydrogen-bond acceptors (Lipinski definition) is 2. The van der Waals surface area contributed by atoms with E-state index < -0.39 is 11.5 Å². The van der Waals surface area contributed by atoms with Crippen LogP contribution in [0.25, 0.3) is 0 Å². The number of nitrogens with two attached hydrogens (primary N) is 1. The fraction of sp³-hybridized carbons (Fsp3) is 0.875. The molecule has 0 amide bonds. The molecule has 0 aliphatic rings. The second-order valence-corrected chi connectivity index (χ2v) is 3.25. The molecule has 0 aliphatic heterocycles. The van der Waals surface area contributed by atoms with Crippen LogP contribution < -0.4 is 5.73 Å². The molecular weight excluding hydrogens is 142 g/mol. The fourth-order valence-corrected chi connectivity index (χ4v) is 1.06. The Morgan fingerprint density at radius 2 is 2.09 bits per heavy atom. The number of carboxylic acid groups (broad SMARTS) is 1. The highest BCUT2D eigenvalue weighted by Crippen LogP contribution is 2.19. The molecule has 0 fully saturated rings. The Balaban J connectivity index is 4.38. The second-order valence-electron chi connectivity index (χ2n) is 3.25. The van der Waals surface area contributed by atoms with E-state index in [4.69, 9.17) is 10.8 Å². The summed E-state index contributed by atoms with van der Waals surface area (Å²) in [6.07, 6.45) is 1.35. The molecule has 0 rings (SSSR count). The van der Waals surface area contributed by atoms with Crippen molar-refractivity contribution in [1.82, 2.24) is 0 Å². The van der Waals surface area contributed by atoms with Crippen LogP contribution in [-0.4, -0.2) is 16.6 Å². The van der Waals surface area contributed by atoms with Gasteiger partial charge in [-0.15, -0.1) is 0 Å². The van der Waals surface area contributed by atoms with Crippen molar-refractivity contribution in [2.75, 3.05) is 0 Å². The molecule has 0 saturated heterocycles. The molecule has 0 aromatic carbocycles. The van der Waals surface area contributed by atoms with Gasteiger partial charge in [0.2, 0.25) is 0 Å². The van der Waals surface area contributed by atoms with Crippen molar-refractivity contribution in [1.29, 1.82) is 0 Å². The molecule has 0 aromatic rings. The minimum atomic E-state index is -1.03. The molecule has 0 bridgehead atoms. The maximum atomic E-state index is 10.7. The monoisotopic (exact) mass is 159 g/mol. The van der Waals surface area contributed by atoms with Gasteiger partial charge in [0.15, 0.2) is 0 Å². The Kier molecular flexibility index (Phi) is 3.52. The highest BCUT2D eigenvalue weighted by molar-refractivity contribution is 5.78. The number of rotatable bonds is 4. The van der Waals surface area contributed by atoms with Gasteiger partial charge in [0.25, 0.3) is 0 Å². The minimum absolute atomic E-state index is 0.0139. The summed E-state index contributed by atoms with van der Waals surface area (Å²) in [6.45, 7) is 5.61. The number of carbonyl (C=O) groups is 1. The average Bonchev–Trinajstić information content (AvgIpc) is 1.87. The van der Waals surface area contributed by atoms with Gasteiger partial charge in [-0.05, 0) is 12.3 Å². The van der Waals surface area contributed by atoms with Crippen LogP contribution in [0.5, 0.6) is 0 Å². The molecule has 1 atom stereocenters. The van der Waals surface area contributed by atoms with Crippen molar-refractivity contribution in [3.8, 4) is 0 Å². The van der Waals surface area contributed by atoms with Crippen molar-refractivity contribution >= 4 is 5.97 Å². The van der Waals surface area contributed by atoms with Gasteiger partial charge in [0.05, 0.1) is 0 Å². The summed E-state index contributed by atoms with van der Waals surface area (Å²) in [5.41, 5.74) is 4.66. The Hall–Kier alpha value is -0.570. The zero-order chi connectivity index (χ0) is 9.07. The molecule has 66 valence electrons. The molecule has 3 N–H and O–H groups in total. The molecule has 3 nitrogen and oxygen atoms in total. The lowest BCUT2D eigenvalue weighted by Gasteiger charge is -2.28. The smallest absolute Gasteiger partial charge is 0.323 e. The highest BCUT2D eigenvalue weighted by Gasteiger charge is 2.36. The lowest BCUT2D eigenvalue weighted by atomic mass is 9.83. The van der Waals surface area contributed by atoms with Crippen LogP contribution >= 0.6 is 0 Å². The van der Waals surface area contributed by atoms with Crippen LogP contribution in [0.3, 0.4) is 0 Å². The van der Waals surface area contributed by atoms with Crippen molar-refractivity contribution in [2.45, 2.75) is 39.2 Å². The van der Waals surface area contributed by atoms with Crippen LogP contribution in [0.2, 0.25) is 0 Å². The molecule has 0 saturated carbocycles. The van der Waals surface area contributed by atoms with Crippen LogP contribution in [-0.2, 0) is 4.79 Å². The molecular formula is C8H17NO2. The number of carboxylic acids is 1. The van der Waals surface area contributed by atoms with E-state index in [0.717, 1.165) is 6.42 Å². The van der Waals surface area contributed by atoms with E-state index in [9.17, 15) is 4.79 Å². The predicted molar refractivity (Wildman–Crippen MR) is 44.3 cm³/mol. The maximum Gasteiger partial charge on any atom is 0.323 e. The number of aliphatic carboxylic acids is 1. The molecule has 3 heteroatoms. The normalized spacial score (nSPS) is 16.5. The quantitative estimate of drug-likeness (QED) is 0.648. The van der Waals surface area contributed by atoms with E-state index in [1.54, 1.807) is 0 Å². The van der Waals surface area contributed by atoms with Gasteiger partial charge in [-0.3, -0.25) is 4.79 Å². The zero-order valence-corrected chi connectivity index (χ0v) is 7.42. The maximum absolute atomic E-state index is 10.7. The van der Waals surface area contributed by atoms with E-state index >= 15 is 0 Å². The van der Waals surface area contributed by atoms with Crippen LogP contribution in [0, 0.1) is 5.92 Å². The lowest BCUT2D eigenvalue weighted by Crippen LogP contribution is -2.52. The molecule has 11 heavy (non-hydrogen) atoms. The summed E-state index contributed by atoms with van der Waals surface area (Å²) in [7, 11) is 0. The third-order valence-corrected chi connectivity index (χ3v) is 2.09. The first kappa shape index (κ1) is 10.4. The van der Waals surface area contributed by atoms with E-state index in [1.807, 2.05) is 20.8 Å². The van der Waals surface area contributed by atoms with E-state index in [2.05, 4.69) is 0 Å². The fourth-order valence-electron chi connectivity index (χ4n) is 1.06. The summed E-state index contributed by atoms with van der Waals surface area (Å²) >= 11 is 0. The van der Waals surface area contributed by atoms with Crippen molar-refractivity contribution in [3.05, 3.63) is 0 Å². The van der Waals surface area contributed by atoms with Crippen LogP contribution in [0.15, 0.2) is 0 Å². The predicted octanol–water partition coefficient (Wildman–Crippen LogP) is 1.22. The molecule has 0 aliphatic carbocycles. The van der Waals surface area contributed by atoms with E-state index in [-0.39, 0.29) is 5.92 Å². The molecule has 1 unspecified atom stereocenters. The summed E-state index contributed by atoms with van der Waals surface area (Å²) in [5, 5.41) is 8.81. The van der Waals surface area contributed by atoms with E-state index in [0.29, 0.717) is 6.42 Å². The van der Waals surface area contributed by atoms with E-state index in [1.165, 1.54) is 0 Å². The Morgan fingerprint density at radius 1 is 1.64 bits per heavy atom. The minimum Gasteiger partial charge on any atom is -0.480 e. The third kappa shape index (κ3) is 2.19. The number of hydrogen-bond donors (Lipinski definition) is 2. The highest BCUT2D eigenvalue weighted by atomic mass is 16.4. The van der Waals surface area contributed by atoms with Gasteiger partial charge >= 0.3 is 5.97 Å². The molecule has 0 spiro atoms. The first-order valence-corrected chi connectivity index (χ1v) is 3.97. The van der Waals surface area contributed by atoms with Crippen LogP contribution in [0.1, 0.15) is 33.6 Å². The first-order chi connectivity index (χ1) is 4.95. The van der Waals surface area contributed by atoms with Gasteiger partial charge < -0.3 is 10.8 Å². The molecule has 0 heterocycles. The standard InChI is InChI=1S/C8H17NO2/c1-4-5-8(9,6(2)3)7(10)11/h6H,4-5,9H2,1-3H3,(H,10,11). The van der Waals surface area contributed by atoms with Gasteiger partial charge in [-0.25, -0.2) is 0 Å². The summed E-state index contributed by atoms with van der Waals surface area (Å²) in [5.74, 6) is -0.908. The lowest BCUT2D eigenvalue weighted by molar-refractivity contribution is -0.145. The summed E-state index contributed by atoms with van der Waals surface area (Å²) in [6, 6.07) is 0. The van der Waals surface area contributed by atoms with Crippen LogP contribution in [0.4, 0.5) is 0 Å². The molecule has 0 radical (unpaired) electrons. The summed E-state index contributed by atoms with van der Waals surface area (Å²) in [4.78, 5) is 10.7. The van der Waals surface area contributed by atoms with Crippen molar-refractivity contribution in [3.63, 3.8) is 0 Å². The van der Waals surface area contributed by atoms with Gasteiger partial charge in [-0.2, -0.15) is 0 Å². The summed E-state index contributed by atoms with van der Waals surface area (Å²) < 4.78 is 0. The third-order valence-electron chi connectivity index (χ3n) is 2.09. The Labute approximate surface area is 67.6 Å². The van der Waals surface area contributed by atoms with Gasteiger partial charge in [0, 0.05) is 0 Å². The first-order valence-electron chi connectivity index (χ1n) is 3.97. The van der Waals surface area contributed by atoms with Gasteiger partial charge in [-0.1, -0.05) is 27.2 Å². The van der Waals surface area contributed by atoms with Crippen molar-refractivity contribution in [2.24, 2.45) is 11.7 Å². The zero-order valence-electron chi connectivity index (χ0n) is 7.42. The van der Waals surface area contributed by atoms with Crippen molar-refractivity contribution < 1.29 is 9.90 Å². The topological polar surface area (TPSA) is 63.3 Å². The molecule has 0 aromatic heterocycles. The SMILES string of the molecule is CCCC(N)(C(=O)O)C(C)C.